The number of halogens is 1. The molecule has 38 heavy (non-hydrogen) atoms. The summed E-state index contributed by atoms with van der Waals surface area (Å²) >= 11 is 0.935. The molecule has 2 N–H and O–H groups in total. The van der Waals surface area contributed by atoms with Crippen LogP contribution >= 0.6 is 11.3 Å². The topological polar surface area (TPSA) is 123 Å². The van der Waals surface area contributed by atoms with Gasteiger partial charge in [-0.1, -0.05) is 23.5 Å². The summed E-state index contributed by atoms with van der Waals surface area (Å²) in [5, 5.41) is 13.7. The molecule has 0 radical (unpaired) electrons. The number of hydrogen-bond donors (Lipinski definition) is 2. The molecule has 10 nitrogen and oxygen atoms in total. The third-order valence-electron chi connectivity index (χ3n) is 6.56. The van der Waals surface area contributed by atoms with Crippen molar-refractivity contribution in [1.29, 1.82) is 0 Å². The molecule has 0 bridgehead atoms. The number of aromatic nitrogens is 2. The number of ether oxygens (including phenoxy) is 2. The van der Waals surface area contributed by atoms with Gasteiger partial charge in [0.25, 0.3) is 11.8 Å². The van der Waals surface area contributed by atoms with E-state index in [4.69, 9.17) is 9.47 Å². The second kappa shape index (κ2) is 11.1. The molecule has 3 amide bonds. The molecule has 2 aliphatic heterocycles. The second-order valence-corrected chi connectivity index (χ2v) is 10.2. The van der Waals surface area contributed by atoms with Crippen molar-refractivity contribution in [3.8, 4) is 11.5 Å². The van der Waals surface area contributed by atoms with E-state index in [0.717, 1.165) is 16.9 Å². The summed E-state index contributed by atoms with van der Waals surface area (Å²) in [4.78, 5) is 39.7. The van der Waals surface area contributed by atoms with Gasteiger partial charge >= 0.3 is 0 Å². The Morgan fingerprint density at radius 2 is 1.76 bits per heavy atom. The number of hydrogen-bond acceptors (Lipinski definition) is 8. The van der Waals surface area contributed by atoms with E-state index in [1.54, 1.807) is 35.2 Å². The van der Waals surface area contributed by atoms with Crippen molar-refractivity contribution >= 4 is 34.7 Å². The number of fused-ring (bicyclic) bond motifs is 1. The van der Waals surface area contributed by atoms with Gasteiger partial charge in [-0.25, -0.2) is 4.39 Å². The zero-order chi connectivity index (χ0) is 26.6. The fourth-order valence-corrected chi connectivity index (χ4v) is 5.14. The summed E-state index contributed by atoms with van der Waals surface area (Å²) in [5.74, 6) is 0.154. The fraction of sp³-hybridized carbons (Fsp3) is 0.346. The summed E-state index contributed by atoms with van der Waals surface area (Å²) in [6.45, 7) is 2.97. The van der Waals surface area contributed by atoms with Crippen LogP contribution in [0, 0.1) is 11.7 Å². The van der Waals surface area contributed by atoms with Crippen LogP contribution in [0.2, 0.25) is 0 Å². The average Bonchev–Trinajstić information content (AvgIpc) is 3.59. The Kier molecular flexibility index (Phi) is 7.50. The molecule has 1 atom stereocenters. The first-order chi connectivity index (χ1) is 18.4. The number of likely N-dealkylation sites (tertiary alicyclic amines) is 1. The zero-order valence-electron chi connectivity index (χ0n) is 20.6. The third kappa shape index (κ3) is 5.91. The number of nitrogens with zero attached hydrogens (tertiary/aromatic N) is 3. The lowest BCUT2D eigenvalue weighted by Gasteiger charge is -2.31. The van der Waals surface area contributed by atoms with Gasteiger partial charge in [-0.3, -0.25) is 14.4 Å². The van der Waals surface area contributed by atoms with Crippen LogP contribution in [-0.2, 0) is 4.79 Å². The molecule has 5 rings (SSSR count). The van der Waals surface area contributed by atoms with E-state index in [0.29, 0.717) is 49.5 Å². The van der Waals surface area contributed by atoms with E-state index in [2.05, 4.69) is 20.8 Å². The van der Waals surface area contributed by atoms with E-state index in [1.165, 1.54) is 12.1 Å². The molecule has 0 saturated carbocycles. The Morgan fingerprint density at radius 1 is 1.05 bits per heavy atom. The lowest BCUT2D eigenvalue weighted by atomic mass is 9.93. The number of benzene rings is 2. The minimum absolute atomic E-state index is 0.0751. The summed E-state index contributed by atoms with van der Waals surface area (Å²) in [5.41, 5.74) is 1.35. The predicted molar refractivity (Wildman–Crippen MR) is 137 cm³/mol. The molecule has 2 aliphatic rings. The molecule has 12 heteroatoms. The van der Waals surface area contributed by atoms with Crippen LogP contribution in [0.3, 0.4) is 0 Å². The number of piperidine rings is 1. The largest absolute Gasteiger partial charge is 0.454 e. The molecule has 1 fully saturated rings. The van der Waals surface area contributed by atoms with E-state index in [-0.39, 0.29) is 46.4 Å². The molecule has 2 aromatic carbocycles. The molecular weight excluding hydrogens is 513 g/mol. The first-order valence-electron chi connectivity index (χ1n) is 12.2. The van der Waals surface area contributed by atoms with Crippen molar-refractivity contribution in [2.24, 2.45) is 5.92 Å². The van der Waals surface area contributed by atoms with Crippen molar-refractivity contribution in [3.63, 3.8) is 0 Å². The molecule has 1 aromatic heterocycles. The number of carbonyl (C=O) groups is 3. The molecular formula is C26H26FN5O5S. The molecule has 1 saturated heterocycles. The van der Waals surface area contributed by atoms with Crippen molar-refractivity contribution in [2.75, 3.05) is 25.2 Å². The Morgan fingerprint density at radius 3 is 2.53 bits per heavy atom. The standard InChI is InChI=1S/C26H26FN5O5S/c1-15(17-2-4-18(27)5-3-17)28-22(33)12-16-8-10-32(11-9-16)26(35)25-31-30-24(38-25)23(34)29-19-6-7-20-21(13-19)37-14-36-20/h2-7,13,15-16H,8-12,14H2,1H3,(H,28,33)(H,29,34)/t15-/m1/s1. The van der Waals surface area contributed by atoms with Crippen molar-refractivity contribution in [2.45, 2.75) is 32.2 Å². The Hall–Kier alpha value is -4.06. The quantitative estimate of drug-likeness (QED) is 0.469. The van der Waals surface area contributed by atoms with E-state index in [9.17, 15) is 18.8 Å². The first-order valence-corrected chi connectivity index (χ1v) is 13.1. The maximum atomic E-state index is 13.1. The number of nitrogens with one attached hydrogen (secondary N) is 2. The van der Waals surface area contributed by atoms with Crippen LogP contribution in [0.4, 0.5) is 10.1 Å². The third-order valence-corrected chi connectivity index (χ3v) is 7.47. The number of rotatable bonds is 7. The molecule has 0 unspecified atom stereocenters. The SMILES string of the molecule is C[C@@H](NC(=O)CC1CCN(C(=O)c2nnc(C(=O)Nc3ccc4c(c3)OCO4)s2)CC1)c1ccc(F)cc1. The summed E-state index contributed by atoms with van der Waals surface area (Å²) in [6, 6.07) is 10.9. The van der Waals surface area contributed by atoms with Gasteiger partial charge in [0.2, 0.25) is 22.7 Å². The second-order valence-electron chi connectivity index (χ2n) is 9.21. The van der Waals surface area contributed by atoms with Crippen LogP contribution in [0.25, 0.3) is 0 Å². The van der Waals surface area contributed by atoms with Gasteiger partial charge in [-0.2, -0.15) is 0 Å². The highest BCUT2D eigenvalue weighted by Gasteiger charge is 2.28. The lowest BCUT2D eigenvalue weighted by molar-refractivity contribution is -0.122. The van der Waals surface area contributed by atoms with Gasteiger partial charge in [0, 0.05) is 31.3 Å². The maximum absolute atomic E-state index is 13.1. The molecule has 0 aliphatic carbocycles. The number of amides is 3. The van der Waals surface area contributed by atoms with Crippen LogP contribution in [0.5, 0.6) is 11.5 Å². The van der Waals surface area contributed by atoms with Gasteiger partial charge in [-0.15, -0.1) is 10.2 Å². The summed E-state index contributed by atoms with van der Waals surface area (Å²) in [6.07, 6.45) is 1.72. The molecule has 3 aromatic rings. The highest BCUT2D eigenvalue weighted by Crippen LogP contribution is 2.34. The van der Waals surface area contributed by atoms with Gasteiger partial charge in [0.05, 0.1) is 6.04 Å². The highest BCUT2D eigenvalue weighted by molar-refractivity contribution is 7.15. The van der Waals surface area contributed by atoms with Gasteiger partial charge < -0.3 is 25.0 Å². The summed E-state index contributed by atoms with van der Waals surface area (Å²) < 4.78 is 23.7. The van der Waals surface area contributed by atoms with Crippen molar-refractivity contribution < 1.29 is 28.2 Å². The van der Waals surface area contributed by atoms with E-state index < -0.39 is 5.91 Å². The number of carbonyl (C=O) groups excluding carboxylic acids is 3. The summed E-state index contributed by atoms with van der Waals surface area (Å²) in [7, 11) is 0. The number of anilines is 1. The van der Waals surface area contributed by atoms with Gasteiger partial charge in [-0.05, 0) is 55.5 Å². The van der Waals surface area contributed by atoms with Crippen LogP contribution < -0.4 is 20.1 Å². The Bertz CT molecular complexity index is 1340. The Labute approximate surface area is 222 Å². The smallest absolute Gasteiger partial charge is 0.286 e. The monoisotopic (exact) mass is 539 g/mol. The zero-order valence-corrected chi connectivity index (χ0v) is 21.4. The van der Waals surface area contributed by atoms with E-state index in [1.807, 2.05) is 6.92 Å². The molecule has 3 heterocycles. The van der Waals surface area contributed by atoms with Crippen molar-refractivity contribution in [1.82, 2.24) is 20.4 Å². The molecule has 0 spiro atoms. The normalized spacial score (nSPS) is 15.7. The predicted octanol–water partition coefficient (Wildman–Crippen LogP) is 3.78. The van der Waals surface area contributed by atoms with Crippen LogP contribution in [0.15, 0.2) is 42.5 Å². The van der Waals surface area contributed by atoms with Gasteiger partial charge in [0.1, 0.15) is 5.82 Å². The Balaban J connectivity index is 1.09. The van der Waals surface area contributed by atoms with Crippen LogP contribution in [0.1, 0.15) is 57.4 Å². The fourth-order valence-electron chi connectivity index (χ4n) is 4.43. The van der Waals surface area contributed by atoms with E-state index >= 15 is 0 Å². The lowest BCUT2D eigenvalue weighted by Crippen LogP contribution is -2.39. The maximum Gasteiger partial charge on any atom is 0.286 e. The molecule has 198 valence electrons. The minimum Gasteiger partial charge on any atom is -0.454 e. The van der Waals surface area contributed by atoms with Gasteiger partial charge in [0.15, 0.2) is 11.5 Å². The van der Waals surface area contributed by atoms with Crippen molar-refractivity contribution in [3.05, 3.63) is 63.9 Å². The minimum atomic E-state index is -0.472. The highest BCUT2D eigenvalue weighted by atomic mass is 32.1. The first kappa shape index (κ1) is 25.6. The average molecular weight is 540 g/mol. The van der Waals surface area contributed by atoms with Crippen LogP contribution in [-0.4, -0.2) is 52.7 Å².